The largest absolute Gasteiger partial charge is 0.481 e. The maximum absolute atomic E-state index is 12.8. The van der Waals surface area contributed by atoms with E-state index in [-0.39, 0.29) is 31.2 Å². The van der Waals surface area contributed by atoms with Gasteiger partial charge in [0.1, 0.15) is 0 Å². The highest BCUT2D eigenvalue weighted by molar-refractivity contribution is 6.04. The molecule has 2 aromatic rings. The fourth-order valence-corrected chi connectivity index (χ4v) is 2.89. The first-order valence-electron chi connectivity index (χ1n) is 8.52. The number of carboxylic acid groups (broad SMARTS) is 1. The molecule has 8 nitrogen and oxygen atoms in total. The van der Waals surface area contributed by atoms with Crippen molar-refractivity contribution in [2.24, 2.45) is 0 Å². The number of anilines is 1. The van der Waals surface area contributed by atoms with Crippen molar-refractivity contribution in [2.75, 3.05) is 25.0 Å². The normalized spacial score (nSPS) is 16.8. The van der Waals surface area contributed by atoms with Gasteiger partial charge in [0.05, 0.1) is 25.4 Å². The number of amides is 2. The van der Waals surface area contributed by atoms with Crippen molar-refractivity contribution in [1.82, 2.24) is 4.90 Å². The molecule has 0 bridgehead atoms. The van der Waals surface area contributed by atoms with E-state index in [1.807, 2.05) is 6.92 Å². The summed E-state index contributed by atoms with van der Waals surface area (Å²) >= 11 is 0. The SMILES string of the molecule is Cc1ccc(C(=O)N2CCOC(CC(=O)O)C2)cc1NC(=O)c1ccco1. The number of nitrogens with zero attached hydrogens (tertiary/aromatic N) is 1. The Morgan fingerprint density at radius 1 is 1.30 bits per heavy atom. The van der Waals surface area contributed by atoms with Crippen LogP contribution < -0.4 is 5.32 Å². The van der Waals surface area contributed by atoms with Gasteiger partial charge in [-0.15, -0.1) is 0 Å². The van der Waals surface area contributed by atoms with Crippen LogP contribution in [0.15, 0.2) is 41.0 Å². The third-order valence-electron chi connectivity index (χ3n) is 4.31. The van der Waals surface area contributed by atoms with Gasteiger partial charge in [0, 0.05) is 24.3 Å². The van der Waals surface area contributed by atoms with E-state index in [1.165, 1.54) is 6.26 Å². The van der Waals surface area contributed by atoms with Crippen LogP contribution in [0.25, 0.3) is 0 Å². The molecular weight excluding hydrogens is 352 g/mol. The van der Waals surface area contributed by atoms with E-state index in [0.717, 1.165) is 5.56 Å². The Morgan fingerprint density at radius 3 is 2.81 bits per heavy atom. The van der Waals surface area contributed by atoms with Gasteiger partial charge in [0.2, 0.25) is 0 Å². The standard InChI is InChI=1S/C19H20N2O6/c1-12-4-5-13(9-15(12)20-18(24)16-3-2-7-27-16)19(25)21-6-8-26-14(11-21)10-17(22)23/h2-5,7,9,14H,6,8,10-11H2,1H3,(H,20,24)(H,22,23). The first kappa shape index (κ1) is 18.7. The quantitative estimate of drug-likeness (QED) is 0.832. The molecule has 2 N–H and O–H groups in total. The van der Waals surface area contributed by atoms with E-state index >= 15 is 0 Å². The lowest BCUT2D eigenvalue weighted by Crippen LogP contribution is -2.46. The fraction of sp³-hybridized carbons (Fsp3) is 0.316. The van der Waals surface area contributed by atoms with Gasteiger partial charge < -0.3 is 24.5 Å². The molecule has 1 aliphatic rings. The molecule has 1 saturated heterocycles. The van der Waals surface area contributed by atoms with Gasteiger partial charge in [0.15, 0.2) is 5.76 Å². The number of carboxylic acids is 1. The number of ether oxygens (including phenoxy) is 1. The lowest BCUT2D eigenvalue weighted by atomic mass is 10.1. The molecular formula is C19H20N2O6. The predicted molar refractivity (Wildman–Crippen MR) is 95.7 cm³/mol. The molecule has 1 fully saturated rings. The molecule has 1 unspecified atom stereocenters. The number of morpholine rings is 1. The number of furan rings is 1. The average Bonchev–Trinajstić information content (AvgIpc) is 3.17. The van der Waals surface area contributed by atoms with E-state index in [9.17, 15) is 14.4 Å². The molecule has 1 atom stereocenters. The second-order valence-electron chi connectivity index (χ2n) is 6.30. The van der Waals surface area contributed by atoms with Crippen LogP contribution in [-0.2, 0) is 9.53 Å². The highest BCUT2D eigenvalue weighted by atomic mass is 16.5. The number of benzene rings is 1. The van der Waals surface area contributed by atoms with Crippen LogP contribution in [-0.4, -0.2) is 53.6 Å². The summed E-state index contributed by atoms with van der Waals surface area (Å²) in [4.78, 5) is 37.4. The average molecular weight is 372 g/mol. The van der Waals surface area contributed by atoms with Crippen LogP contribution >= 0.6 is 0 Å². The van der Waals surface area contributed by atoms with E-state index in [4.69, 9.17) is 14.3 Å². The van der Waals surface area contributed by atoms with Crippen LogP contribution in [0.1, 0.15) is 32.9 Å². The molecule has 2 heterocycles. The van der Waals surface area contributed by atoms with E-state index < -0.39 is 18.0 Å². The molecule has 3 rings (SSSR count). The lowest BCUT2D eigenvalue weighted by Gasteiger charge is -2.32. The van der Waals surface area contributed by atoms with Crippen LogP contribution in [0, 0.1) is 6.92 Å². The van der Waals surface area contributed by atoms with Gasteiger partial charge in [-0.05, 0) is 36.8 Å². The molecule has 0 spiro atoms. The summed E-state index contributed by atoms with van der Waals surface area (Å²) in [5.74, 6) is -1.42. The molecule has 0 aliphatic carbocycles. The molecule has 1 aliphatic heterocycles. The minimum atomic E-state index is -0.965. The summed E-state index contributed by atoms with van der Waals surface area (Å²) < 4.78 is 10.5. The second-order valence-corrected chi connectivity index (χ2v) is 6.30. The zero-order valence-corrected chi connectivity index (χ0v) is 14.8. The summed E-state index contributed by atoms with van der Waals surface area (Å²) in [6.45, 7) is 2.71. The van der Waals surface area contributed by atoms with Crippen LogP contribution in [0.2, 0.25) is 0 Å². The lowest BCUT2D eigenvalue weighted by molar-refractivity contribution is -0.141. The van der Waals surface area contributed by atoms with Gasteiger partial charge in [-0.1, -0.05) is 6.07 Å². The first-order valence-corrected chi connectivity index (χ1v) is 8.52. The van der Waals surface area contributed by atoms with Gasteiger partial charge in [-0.3, -0.25) is 14.4 Å². The zero-order chi connectivity index (χ0) is 19.4. The predicted octanol–water partition coefficient (Wildman–Crippen LogP) is 2.16. The topological polar surface area (TPSA) is 109 Å². The van der Waals surface area contributed by atoms with Gasteiger partial charge in [-0.25, -0.2) is 0 Å². The number of aryl methyl sites for hydroxylation is 1. The monoisotopic (exact) mass is 372 g/mol. The highest BCUT2D eigenvalue weighted by Crippen LogP contribution is 2.20. The summed E-state index contributed by atoms with van der Waals surface area (Å²) in [5, 5.41) is 11.6. The molecule has 1 aromatic carbocycles. The number of rotatable bonds is 5. The number of aliphatic carboxylic acids is 1. The fourth-order valence-electron chi connectivity index (χ4n) is 2.89. The Kier molecular flexibility index (Phi) is 5.56. The van der Waals surface area contributed by atoms with Crippen molar-refractivity contribution in [3.63, 3.8) is 0 Å². The smallest absolute Gasteiger partial charge is 0.306 e. The summed E-state index contributed by atoms with van der Waals surface area (Å²) in [7, 11) is 0. The van der Waals surface area contributed by atoms with Crippen LogP contribution in [0.5, 0.6) is 0 Å². The van der Waals surface area contributed by atoms with E-state index in [2.05, 4.69) is 5.32 Å². The van der Waals surface area contributed by atoms with E-state index in [1.54, 1.807) is 35.2 Å². The number of hydrogen-bond donors (Lipinski definition) is 2. The summed E-state index contributed by atoms with van der Waals surface area (Å²) in [5.41, 5.74) is 1.72. The minimum absolute atomic E-state index is 0.151. The van der Waals surface area contributed by atoms with Crippen molar-refractivity contribution in [2.45, 2.75) is 19.4 Å². The zero-order valence-electron chi connectivity index (χ0n) is 14.8. The maximum Gasteiger partial charge on any atom is 0.306 e. The van der Waals surface area contributed by atoms with Gasteiger partial charge >= 0.3 is 5.97 Å². The van der Waals surface area contributed by atoms with Crippen molar-refractivity contribution < 1.29 is 28.6 Å². The second kappa shape index (κ2) is 8.05. The van der Waals surface area contributed by atoms with Crippen molar-refractivity contribution in [1.29, 1.82) is 0 Å². The van der Waals surface area contributed by atoms with Crippen molar-refractivity contribution >= 4 is 23.5 Å². The molecule has 0 saturated carbocycles. The highest BCUT2D eigenvalue weighted by Gasteiger charge is 2.27. The van der Waals surface area contributed by atoms with Gasteiger partial charge in [-0.2, -0.15) is 0 Å². The Hall–Kier alpha value is -3.13. The Bertz CT molecular complexity index is 846. The molecule has 0 radical (unpaired) electrons. The molecule has 1 aromatic heterocycles. The van der Waals surface area contributed by atoms with Crippen molar-refractivity contribution in [3.8, 4) is 0 Å². The third-order valence-corrected chi connectivity index (χ3v) is 4.31. The Morgan fingerprint density at radius 2 is 2.11 bits per heavy atom. The minimum Gasteiger partial charge on any atom is -0.481 e. The number of carbonyl (C=O) groups excluding carboxylic acids is 2. The molecule has 142 valence electrons. The Balaban J connectivity index is 1.73. The number of carbonyl (C=O) groups is 3. The van der Waals surface area contributed by atoms with Gasteiger partial charge in [0.25, 0.3) is 11.8 Å². The Labute approximate surface area is 155 Å². The maximum atomic E-state index is 12.8. The summed E-state index contributed by atoms with van der Waals surface area (Å²) in [6.07, 6.45) is 0.735. The first-order chi connectivity index (χ1) is 12.9. The van der Waals surface area contributed by atoms with Crippen LogP contribution in [0.4, 0.5) is 5.69 Å². The molecule has 27 heavy (non-hydrogen) atoms. The third kappa shape index (κ3) is 4.53. The van der Waals surface area contributed by atoms with E-state index in [0.29, 0.717) is 17.8 Å². The number of nitrogens with one attached hydrogen (secondary N) is 1. The summed E-state index contributed by atoms with van der Waals surface area (Å²) in [6, 6.07) is 8.21. The van der Waals surface area contributed by atoms with Crippen LogP contribution in [0.3, 0.4) is 0 Å². The molecule has 2 amide bonds. The number of hydrogen-bond acceptors (Lipinski definition) is 5. The molecule has 8 heteroatoms. The van der Waals surface area contributed by atoms with Crippen molar-refractivity contribution in [3.05, 3.63) is 53.5 Å².